The Kier molecular flexibility index (Phi) is 6.16. The molecule has 0 unspecified atom stereocenters. The highest BCUT2D eigenvalue weighted by Crippen LogP contribution is 2.25. The number of benzene rings is 1. The molecule has 0 aliphatic carbocycles. The fraction of sp³-hybridized carbons (Fsp3) is 0.333. The van der Waals surface area contributed by atoms with Crippen LogP contribution in [0.5, 0.6) is 0 Å². The first-order valence-electron chi connectivity index (χ1n) is 7.13. The van der Waals surface area contributed by atoms with Crippen molar-refractivity contribution in [3.8, 4) is 0 Å². The predicted molar refractivity (Wildman–Crippen MR) is 88.8 cm³/mol. The van der Waals surface area contributed by atoms with Crippen LogP contribution < -0.4 is 10.7 Å². The van der Waals surface area contributed by atoms with Gasteiger partial charge in [-0.15, -0.1) is 0 Å². The molecule has 0 bridgehead atoms. The van der Waals surface area contributed by atoms with Gasteiger partial charge in [0.15, 0.2) is 6.61 Å². The van der Waals surface area contributed by atoms with Crippen LogP contribution in [-0.2, 0) is 19.1 Å². The highest BCUT2D eigenvalue weighted by atomic mass is 35.5. The summed E-state index contributed by atoms with van der Waals surface area (Å²) >= 11 is 11.9. The third kappa shape index (κ3) is 4.94. The van der Waals surface area contributed by atoms with E-state index in [0.29, 0.717) is 15.6 Å². The molecule has 1 aromatic carbocycles. The monoisotopic (exact) mass is 371 g/mol. The number of hydrogen-bond acceptors (Lipinski definition) is 5. The van der Waals surface area contributed by atoms with Gasteiger partial charge in [-0.2, -0.15) is 5.10 Å². The third-order valence-corrected chi connectivity index (χ3v) is 3.84. The topological polar surface area (TPSA) is 96.9 Å². The molecule has 2 rings (SSSR count). The number of nitrogens with zero attached hydrogens (tertiary/aromatic N) is 1. The Labute approximate surface area is 148 Å². The average molecular weight is 372 g/mol. The normalized spacial score (nSPS) is 15.1. The summed E-state index contributed by atoms with van der Waals surface area (Å²) in [6.45, 7) is 1.29. The number of hydrazone groups is 1. The lowest BCUT2D eigenvalue weighted by Gasteiger charge is -2.16. The molecule has 1 atom stereocenters. The summed E-state index contributed by atoms with van der Waals surface area (Å²) in [5.74, 6) is -1.48. The van der Waals surface area contributed by atoms with Crippen molar-refractivity contribution in [2.24, 2.45) is 5.10 Å². The van der Waals surface area contributed by atoms with Crippen LogP contribution in [0, 0.1) is 0 Å². The van der Waals surface area contributed by atoms with E-state index < -0.39 is 18.5 Å². The van der Waals surface area contributed by atoms with Crippen molar-refractivity contribution in [3.05, 3.63) is 33.8 Å². The number of nitrogens with one attached hydrogen (secondary N) is 2. The van der Waals surface area contributed by atoms with E-state index in [2.05, 4.69) is 15.8 Å². The van der Waals surface area contributed by atoms with Crippen molar-refractivity contribution < 1.29 is 19.1 Å². The zero-order valence-corrected chi connectivity index (χ0v) is 14.3. The van der Waals surface area contributed by atoms with Crippen LogP contribution in [-0.4, -0.2) is 30.1 Å². The standard InChI is InChI=1S/C15H15Cl2N3O4/c1-8(10-3-2-9(16)6-11(10)17)18-14(22)7-24-15(23)12-4-5-13(21)20-19-12/h2-3,6,8H,4-5,7H2,1H3,(H,18,22)(H,20,21)/t8-/m1/s1. The quantitative estimate of drug-likeness (QED) is 0.773. The maximum atomic E-state index is 11.9. The number of amides is 2. The minimum Gasteiger partial charge on any atom is -0.451 e. The Morgan fingerprint density at radius 3 is 2.75 bits per heavy atom. The van der Waals surface area contributed by atoms with E-state index in [4.69, 9.17) is 27.9 Å². The molecule has 0 aromatic heterocycles. The second-order valence-electron chi connectivity index (χ2n) is 5.12. The first-order chi connectivity index (χ1) is 11.4. The molecule has 1 heterocycles. The van der Waals surface area contributed by atoms with Gasteiger partial charge in [-0.05, 0) is 24.6 Å². The van der Waals surface area contributed by atoms with Crippen molar-refractivity contribution in [2.45, 2.75) is 25.8 Å². The van der Waals surface area contributed by atoms with Crippen LogP contribution in [0.1, 0.15) is 31.4 Å². The van der Waals surface area contributed by atoms with Crippen LogP contribution in [0.15, 0.2) is 23.3 Å². The Balaban J connectivity index is 1.84. The fourth-order valence-electron chi connectivity index (χ4n) is 2.05. The van der Waals surface area contributed by atoms with E-state index in [0.717, 1.165) is 0 Å². The molecule has 0 saturated carbocycles. The number of carbonyl (C=O) groups is 3. The summed E-state index contributed by atoms with van der Waals surface area (Å²) in [5.41, 5.74) is 2.96. The minimum absolute atomic E-state index is 0.0798. The van der Waals surface area contributed by atoms with Crippen LogP contribution in [0.3, 0.4) is 0 Å². The van der Waals surface area contributed by atoms with Gasteiger partial charge in [-0.25, -0.2) is 10.2 Å². The lowest BCUT2D eigenvalue weighted by molar-refractivity contribution is -0.142. The van der Waals surface area contributed by atoms with Crippen molar-refractivity contribution in [3.63, 3.8) is 0 Å². The molecule has 1 aliphatic heterocycles. The zero-order chi connectivity index (χ0) is 17.7. The first-order valence-corrected chi connectivity index (χ1v) is 7.89. The van der Waals surface area contributed by atoms with Gasteiger partial charge in [0.25, 0.3) is 5.91 Å². The number of halogens is 2. The lowest BCUT2D eigenvalue weighted by atomic mass is 10.1. The molecule has 2 amide bonds. The Morgan fingerprint density at radius 1 is 1.38 bits per heavy atom. The molecular formula is C15H15Cl2N3O4. The molecule has 1 aromatic rings. The van der Waals surface area contributed by atoms with Crippen LogP contribution >= 0.6 is 23.2 Å². The molecule has 1 aliphatic rings. The largest absolute Gasteiger partial charge is 0.451 e. The Bertz CT molecular complexity index is 706. The second kappa shape index (κ2) is 8.12. The number of rotatable bonds is 5. The van der Waals surface area contributed by atoms with E-state index in [1.165, 1.54) is 0 Å². The van der Waals surface area contributed by atoms with E-state index in [1.54, 1.807) is 25.1 Å². The third-order valence-electron chi connectivity index (χ3n) is 3.28. The molecular weight excluding hydrogens is 357 g/mol. The summed E-state index contributed by atoms with van der Waals surface area (Å²) in [6, 6.07) is 4.57. The molecule has 2 N–H and O–H groups in total. The Morgan fingerprint density at radius 2 is 2.12 bits per heavy atom. The smallest absolute Gasteiger partial charge is 0.355 e. The van der Waals surface area contributed by atoms with Crippen molar-refractivity contribution in [1.29, 1.82) is 0 Å². The van der Waals surface area contributed by atoms with E-state index in [1.807, 2.05) is 0 Å². The maximum Gasteiger partial charge on any atom is 0.355 e. The van der Waals surface area contributed by atoms with Crippen molar-refractivity contribution in [1.82, 2.24) is 10.7 Å². The summed E-state index contributed by atoms with van der Waals surface area (Å²) in [5, 5.41) is 7.19. The van der Waals surface area contributed by atoms with Crippen LogP contribution in [0.25, 0.3) is 0 Å². The van der Waals surface area contributed by atoms with E-state index in [-0.39, 0.29) is 30.5 Å². The molecule has 0 saturated heterocycles. The summed E-state index contributed by atoms with van der Waals surface area (Å²) in [6.07, 6.45) is 0.343. The maximum absolute atomic E-state index is 11.9. The first kappa shape index (κ1) is 18.2. The highest BCUT2D eigenvalue weighted by molar-refractivity contribution is 6.37. The molecule has 0 fully saturated rings. The number of carbonyl (C=O) groups excluding carboxylic acids is 3. The van der Waals surface area contributed by atoms with Crippen LogP contribution in [0.2, 0.25) is 10.0 Å². The SMILES string of the molecule is C[C@@H](NC(=O)COC(=O)C1=NNC(=O)CC1)c1ccc(Cl)cc1Cl. The van der Waals surface area contributed by atoms with Gasteiger partial charge in [0, 0.05) is 22.9 Å². The molecule has 128 valence electrons. The van der Waals surface area contributed by atoms with Gasteiger partial charge in [0.1, 0.15) is 5.71 Å². The van der Waals surface area contributed by atoms with Gasteiger partial charge >= 0.3 is 5.97 Å². The molecule has 0 radical (unpaired) electrons. The summed E-state index contributed by atoms with van der Waals surface area (Å²) in [4.78, 5) is 34.6. The number of hydrogen-bond donors (Lipinski definition) is 2. The van der Waals surface area contributed by atoms with Crippen LogP contribution in [0.4, 0.5) is 0 Å². The van der Waals surface area contributed by atoms with Gasteiger partial charge < -0.3 is 10.1 Å². The predicted octanol–water partition coefficient (Wildman–Crippen LogP) is 1.98. The molecule has 7 nitrogen and oxygen atoms in total. The lowest BCUT2D eigenvalue weighted by Crippen LogP contribution is -2.34. The number of esters is 1. The average Bonchev–Trinajstić information content (AvgIpc) is 2.53. The molecule has 9 heteroatoms. The van der Waals surface area contributed by atoms with E-state index in [9.17, 15) is 14.4 Å². The van der Waals surface area contributed by atoms with Gasteiger partial charge in [-0.3, -0.25) is 9.59 Å². The minimum atomic E-state index is -0.734. The zero-order valence-electron chi connectivity index (χ0n) is 12.8. The van der Waals surface area contributed by atoms with Gasteiger partial charge in [0.2, 0.25) is 5.91 Å². The molecule has 24 heavy (non-hydrogen) atoms. The van der Waals surface area contributed by atoms with E-state index >= 15 is 0 Å². The summed E-state index contributed by atoms with van der Waals surface area (Å²) in [7, 11) is 0. The Hall–Kier alpha value is -2.12. The highest BCUT2D eigenvalue weighted by Gasteiger charge is 2.21. The van der Waals surface area contributed by atoms with Crippen molar-refractivity contribution in [2.75, 3.05) is 6.61 Å². The fourth-order valence-corrected chi connectivity index (χ4v) is 2.62. The van der Waals surface area contributed by atoms with Crippen molar-refractivity contribution >= 4 is 46.7 Å². The molecule has 0 spiro atoms. The number of ether oxygens (including phenoxy) is 1. The summed E-state index contributed by atoms with van der Waals surface area (Å²) < 4.78 is 4.88. The van der Waals surface area contributed by atoms with Gasteiger partial charge in [0.05, 0.1) is 6.04 Å². The van der Waals surface area contributed by atoms with Gasteiger partial charge in [-0.1, -0.05) is 29.3 Å². The second-order valence-corrected chi connectivity index (χ2v) is 5.97.